The Bertz CT molecular complexity index is 574. The molecule has 0 nitrogen and oxygen atoms in total. The highest BCUT2D eigenvalue weighted by Crippen LogP contribution is 2.25. The van der Waals surface area contributed by atoms with E-state index in [9.17, 15) is 0 Å². The fourth-order valence-corrected chi connectivity index (χ4v) is 2.18. The van der Waals surface area contributed by atoms with Crippen LogP contribution >= 0.6 is 0 Å². The van der Waals surface area contributed by atoms with Crippen molar-refractivity contribution in [1.82, 2.24) is 0 Å². The monoisotopic (exact) mass is 218 g/mol. The Morgan fingerprint density at radius 2 is 1.53 bits per heavy atom. The second kappa shape index (κ2) is 4.42. The molecule has 17 heavy (non-hydrogen) atoms. The maximum absolute atomic E-state index is 2.27. The van der Waals surface area contributed by atoms with Gasteiger partial charge in [0.1, 0.15) is 0 Å². The summed E-state index contributed by atoms with van der Waals surface area (Å²) in [5, 5.41) is 0. The van der Waals surface area contributed by atoms with E-state index in [2.05, 4.69) is 66.8 Å². The van der Waals surface area contributed by atoms with Crippen molar-refractivity contribution in [3.63, 3.8) is 0 Å². The van der Waals surface area contributed by atoms with Gasteiger partial charge in [-0.1, -0.05) is 72.8 Å². The van der Waals surface area contributed by atoms with Crippen LogP contribution in [0.2, 0.25) is 0 Å². The van der Waals surface area contributed by atoms with Crippen molar-refractivity contribution in [2.45, 2.75) is 6.42 Å². The van der Waals surface area contributed by atoms with E-state index in [1.54, 1.807) is 0 Å². The minimum Gasteiger partial charge on any atom is -0.0622 e. The van der Waals surface area contributed by atoms with Crippen LogP contribution in [0, 0.1) is 0 Å². The van der Waals surface area contributed by atoms with E-state index in [1.807, 2.05) is 6.07 Å². The van der Waals surface area contributed by atoms with Crippen molar-refractivity contribution < 1.29 is 0 Å². The smallest absolute Gasteiger partial charge is 0.00196 e. The molecule has 1 aliphatic carbocycles. The van der Waals surface area contributed by atoms with Gasteiger partial charge in [-0.2, -0.15) is 0 Å². The fourth-order valence-electron chi connectivity index (χ4n) is 2.18. The van der Waals surface area contributed by atoms with E-state index in [0.717, 1.165) is 6.42 Å². The lowest BCUT2D eigenvalue weighted by molar-refractivity contribution is 1.25. The summed E-state index contributed by atoms with van der Waals surface area (Å²) in [5.74, 6) is 0. The van der Waals surface area contributed by atoms with E-state index in [4.69, 9.17) is 0 Å². The predicted octanol–water partition coefficient (Wildman–Crippen LogP) is 4.34. The largest absolute Gasteiger partial charge is 0.0622 e. The van der Waals surface area contributed by atoms with Crippen molar-refractivity contribution in [1.29, 1.82) is 0 Å². The molecular weight excluding hydrogens is 204 g/mol. The molecule has 0 aromatic heterocycles. The lowest BCUT2D eigenvalue weighted by Crippen LogP contribution is -1.81. The Kier molecular flexibility index (Phi) is 2.63. The van der Waals surface area contributed by atoms with Crippen molar-refractivity contribution in [3.8, 4) is 0 Å². The van der Waals surface area contributed by atoms with Gasteiger partial charge in [0.05, 0.1) is 0 Å². The molecule has 1 aliphatic rings. The zero-order valence-electron chi connectivity index (χ0n) is 9.64. The normalized spacial score (nSPS) is 13.8. The molecule has 0 atom stereocenters. The lowest BCUT2D eigenvalue weighted by Gasteiger charge is -1.95. The van der Waals surface area contributed by atoms with Crippen molar-refractivity contribution in [2.24, 2.45) is 0 Å². The molecule has 2 aromatic carbocycles. The summed E-state index contributed by atoms with van der Waals surface area (Å²) in [4.78, 5) is 0. The van der Waals surface area contributed by atoms with Crippen LogP contribution in [0.4, 0.5) is 0 Å². The molecule has 82 valence electrons. The Morgan fingerprint density at radius 1 is 0.765 bits per heavy atom. The number of fused-ring (bicyclic) bond motifs is 1. The van der Waals surface area contributed by atoms with E-state index < -0.39 is 0 Å². The van der Waals surface area contributed by atoms with Crippen LogP contribution in [-0.4, -0.2) is 0 Å². The molecule has 0 heterocycles. The van der Waals surface area contributed by atoms with E-state index in [0.29, 0.717) is 0 Å². The van der Waals surface area contributed by atoms with E-state index in [-0.39, 0.29) is 0 Å². The average molecular weight is 218 g/mol. The molecule has 0 saturated carbocycles. The van der Waals surface area contributed by atoms with Gasteiger partial charge in [-0.3, -0.25) is 0 Å². The summed E-state index contributed by atoms with van der Waals surface area (Å²) in [6.45, 7) is 0. The van der Waals surface area contributed by atoms with Crippen LogP contribution in [0.15, 0.2) is 66.2 Å². The second-order valence-corrected chi connectivity index (χ2v) is 4.34. The van der Waals surface area contributed by atoms with E-state index in [1.165, 1.54) is 22.3 Å². The lowest BCUT2D eigenvalue weighted by atomic mass is 10.1. The van der Waals surface area contributed by atoms with Crippen molar-refractivity contribution in [2.75, 3.05) is 0 Å². The Balaban J connectivity index is 1.80. The van der Waals surface area contributed by atoms with Gasteiger partial charge in [0, 0.05) is 0 Å². The standard InChI is InChI=1S/C17H14/c1-2-6-14(7-3-1)10-11-15-12-16-8-4-5-9-17(16)13-15/h1-12H,13H2/b11-10+. The van der Waals surface area contributed by atoms with Gasteiger partial charge in [-0.25, -0.2) is 0 Å². The molecule has 0 radical (unpaired) electrons. The highest BCUT2D eigenvalue weighted by Gasteiger charge is 2.08. The summed E-state index contributed by atoms with van der Waals surface area (Å²) in [6.07, 6.45) is 7.72. The van der Waals surface area contributed by atoms with Crippen molar-refractivity contribution in [3.05, 3.63) is 82.9 Å². The van der Waals surface area contributed by atoms with Crippen LogP contribution in [0.25, 0.3) is 12.2 Å². The fraction of sp³-hybridized carbons (Fsp3) is 0.0588. The molecule has 0 fully saturated rings. The molecular formula is C17H14. The van der Waals surface area contributed by atoms with Gasteiger partial charge in [-0.05, 0) is 28.7 Å². The Labute approximate surface area is 102 Å². The van der Waals surface area contributed by atoms with Crippen LogP contribution in [0.1, 0.15) is 16.7 Å². The van der Waals surface area contributed by atoms with Gasteiger partial charge in [0.15, 0.2) is 0 Å². The van der Waals surface area contributed by atoms with Gasteiger partial charge in [0.25, 0.3) is 0 Å². The molecule has 0 heteroatoms. The van der Waals surface area contributed by atoms with Crippen molar-refractivity contribution >= 4 is 12.2 Å². The van der Waals surface area contributed by atoms with Crippen LogP contribution in [-0.2, 0) is 6.42 Å². The third kappa shape index (κ3) is 2.21. The second-order valence-electron chi connectivity index (χ2n) is 4.34. The number of benzene rings is 2. The zero-order chi connectivity index (χ0) is 11.5. The minimum absolute atomic E-state index is 1.06. The third-order valence-corrected chi connectivity index (χ3v) is 3.08. The first-order chi connectivity index (χ1) is 8.42. The molecule has 3 rings (SSSR count). The van der Waals surface area contributed by atoms with Gasteiger partial charge in [0.2, 0.25) is 0 Å². The first-order valence-electron chi connectivity index (χ1n) is 5.93. The SMILES string of the molecule is C1=C(/C=C/c2ccccc2)Cc2ccccc21. The minimum atomic E-state index is 1.06. The molecule has 0 unspecified atom stereocenters. The first-order valence-corrected chi connectivity index (χ1v) is 5.93. The predicted molar refractivity (Wildman–Crippen MR) is 73.6 cm³/mol. The molecule has 0 spiro atoms. The quantitative estimate of drug-likeness (QED) is 0.703. The Morgan fingerprint density at radius 3 is 2.35 bits per heavy atom. The summed E-state index contributed by atoms with van der Waals surface area (Å²) < 4.78 is 0. The third-order valence-electron chi connectivity index (χ3n) is 3.08. The average Bonchev–Trinajstić information content (AvgIpc) is 2.80. The zero-order valence-corrected chi connectivity index (χ0v) is 9.64. The summed E-state index contributed by atoms with van der Waals surface area (Å²) in [5.41, 5.74) is 5.43. The molecule has 0 aliphatic heterocycles. The molecule has 2 aromatic rings. The molecule has 0 amide bonds. The number of hydrogen-bond donors (Lipinski definition) is 0. The number of rotatable bonds is 2. The highest BCUT2D eigenvalue weighted by atomic mass is 14.1. The maximum atomic E-state index is 2.27. The van der Waals surface area contributed by atoms with Gasteiger partial charge < -0.3 is 0 Å². The summed E-state index contributed by atoms with van der Waals surface area (Å²) >= 11 is 0. The number of allylic oxidation sites excluding steroid dienone is 2. The molecule has 0 bridgehead atoms. The summed E-state index contributed by atoms with van der Waals surface area (Å²) in [6, 6.07) is 19.0. The van der Waals surface area contributed by atoms with Gasteiger partial charge in [-0.15, -0.1) is 0 Å². The highest BCUT2D eigenvalue weighted by molar-refractivity contribution is 5.69. The van der Waals surface area contributed by atoms with Crippen LogP contribution in [0.5, 0.6) is 0 Å². The van der Waals surface area contributed by atoms with E-state index >= 15 is 0 Å². The van der Waals surface area contributed by atoms with Crippen LogP contribution in [0.3, 0.4) is 0 Å². The summed E-state index contributed by atoms with van der Waals surface area (Å²) in [7, 11) is 0. The molecule has 0 N–H and O–H groups in total. The molecule has 0 saturated heterocycles. The number of hydrogen-bond acceptors (Lipinski definition) is 0. The Hall–Kier alpha value is -2.08. The van der Waals surface area contributed by atoms with Gasteiger partial charge >= 0.3 is 0 Å². The maximum Gasteiger partial charge on any atom is -0.00196 e. The first kappa shape index (κ1) is 10.1. The topological polar surface area (TPSA) is 0 Å². The van der Waals surface area contributed by atoms with Crippen LogP contribution < -0.4 is 0 Å².